The maximum absolute atomic E-state index is 12.1. The molecule has 5 heteroatoms. The first-order valence-corrected chi connectivity index (χ1v) is 7.51. The summed E-state index contributed by atoms with van der Waals surface area (Å²) in [4.78, 5) is 12.1. The van der Waals surface area contributed by atoms with Crippen molar-refractivity contribution in [2.75, 3.05) is 17.7 Å². The van der Waals surface area contributed by atoms with Gasteiger partial charge in [-0.05, 0) is 38.0 Å². The number of rotatable bonds is 4. The molecule has 1 amide bonds. The highest BCUT2D eigenvalue weighted by molar-refractivity contribution is 7.84. The Bertz CT molecular complexity index is 486. The average molecular weight is 268 g/mol. The Labute approximate surface area is 110 Å². The smallest absolute Gasteiger partial charge is 0.251 e. The van der Waals surface area contributed by atoms with Gasteiger partial charge in [-0.25, -0.2) is 0 Å². The van der Waals surface area contributed by atoms with Crippen LogP contribution in [0.3, 0.4) is 0 Å². The van der Waals surface area contributed by atoms with E-state index in [0.29, 0.717) is 17.0 Å². The molecule has 100 valence electrons. The number of amides is 1. The predicted octanol–water partition coefficient (Wildman–Crippen LogP) is 1.38. The van der Waals surface area contributed by atoms with E-state index in [1.807, 2.05) is 26.8 Å². The van der Waals surface area contributed by atoms with Crippen LogP contribution in [0.1, 0.15) is 28.4 Å². The molecular weight excluding hydrogens is 248 g/mol. The normalized spacial score (nSPS) is 14.0. The summed E-state index contributed by atoms with van der Waals surface area (Å²) < 4.78 is 11.1. The second-order valence-corrected chi connectivity index (χ2v) is 6.12. The highest BCUT2D eigenvalue weighted by atomic mass is 32.2. The van der Waals surface area contributed by atoms with E-state index in [0.717, 1.165) is 11.1 Å². The lowest BCUT2D eigenvalue weighted by molar-refractivity contribution is 0.0943. The number of hydrogen-bond acceptors (Lipinski definition) is 3. The molecule has 0 saturated carbocycles. The Hall–Kier alpha value is -1.36. The Morgan fingerprint density at radius 1 is 1.39 bits per heavy atom. The number of aryl methyl sites for hydroxylation is 2. The monoisotopic (exact) mass is 268 g/mol. The van der Waals surface area contributed by atoms with Crippen molar-refractivity contribution >= 4 is 22.4 Å². The summed E-state index contributed by atoms with van der Waals surface area (Å²) in [6.07, 6.45) is 1.62. The van der Waals surface area contributed by atoms with E-state index < -0.39 is 10.8 Å². The van der Waals surface area contributed by atoms with Gasteiger partial charge in [0.25, 0.3) is 5.91 Å². The molecule has 0 spiro atoms. The zero-order chi connectivity index (χ0) is 13.9. The van der Waals surface area contributed by atoms with Crippen LogP contribution in [0.2, 0.25) is 0 Å². The third-order valence-electron chi connectivity index (χ3n) is 2.72. The van der Waals surface area contributed by atoms with Crippen LogP contribution in [-0.4, -0.2) is 28.2 Å². The van der Waals surface area contributed by atoms with E-state index >= 15 is 0 Å². The molecule has 4 nitrogen and oxygen atoms in total. The van der Waals surface area contributed by atoms with Crippen molar-refractivity contribution in [3.63, 3.8) is 0 Å². The van der Waals surface area contributed by atoms with E-state index in [1.54, 1.807) is 12.3 Å². The van der Waals surface area contributed by atoms with Gasteiger partial charge in [0.1, 0.15) is 0 Å². The zero-order valence-electron chi connectivity index (χ0n) is 11.2. The number of nitrogens with one attached hydrogen (secondary N) is 1. The summed E-state index contributed by atoms with van der Waals surface area (Å²) in [5, 5.41) is 2.83. The SMILES string of the molecule is Cc1cc(C)c(C(=O)NC(C)CS(C)=O)cc1N. The van der Waals surface area contributed by atoms with Gasteiger partial charge in [-0.1, -0.05) is 6.07 Å². The van der Waals surface area contributed by atoms with Gasteiger partial charge in [-0.15, -0.1) is 0 Å². The molecule has 0 radical (unpaired) electrons. The molecule has 1 aromatic rings. The van der Waals surface area contributed by atoms with Crippen LogP contribution in [0, 0.1) is 13.8 Å². The molecule has 2 atom stereocenters. The first-order chi connectivity index (χ1) is 8.31. The fourth-order valence-corrected chi connectivity index (χ4v) is 2.60. The van der Waals surface area contributed by atoms with Crippen LogP contribution in [0.15, 0.2) is 12.1 Å². The van der Waals surface area contributed by atoms with Crippen LogP contribution in [-0.2, 0) is 10.8 Å². The molecule has 0 aliphatic heterocycles. The Kier molecular flexibility index (Phi) is 4.90. The first-order valence-electron chi connectivity index (χ1n) is 5.79. The van der Waals surface area contributed by atoms with Crippen molar-refractivity contribution in [2.24, 2.45) is 0 Å². The first kappa shape index (κ1) is 14.7. The lowest BCUT2D eigenvalue weighted by Crippen LogP contribution is -2.36. The molecule has 1 rings (SSSR count). The van der Waals surface area contributed by atoms with Crippen molar-refractivity contribution in [2.45, 2.75) is 26.8 Å². The molecule has 18 heavy (non-hydrogen) atoms. The summed E-state index contributed by atoms with van der Waals surface area (Å²) >= 11 is 0. The molecule has 1 aromatic carbocycles. The standard InChI is InChI=1S/C13H20N2O2S/c1-8-5-9(2)12(14)6-11(8)13(16)15-10(3)7-18(4)17/h5-6,10H,7,14H2,1-4H3,(H,15,16). The number of benzene rings is 1. The Balaban J connectivity index is 2.85. The van der Waals surface area contributed by atoms with Crippen molar-refractivity contribution in [1.29, 1.82) is 0 Å². The maximum atomic E-state index is 12.1. The van der Waals surface area contributed by atoms with E-state index in [9.17, 15) is 9.00 Å². The lowest BCUT2D eigenvalue weighted by atomic mass is 10.0. The van der Waals surface area contributed by atoms with Gasteiger partial charge in [0, 0.05) is 40.1 Å². The molecule has 0 aliphatic rings. The molecule has 3 N–H and O–H groups in total. The van der Waals surface area contributed by atoms with Crippen LogP contribution in [0.4, 0.5) is 5.69 Å². The highest BCUT2D eigenvalue weighted by Crippen LogP contribution is 2.17. The van der Waals surface area contributed by atoms with Gasteiger partial charge in [-0.2, -0.15) is 0 Å². The summed E-state index contributed by atoms with van der Waals surface area (Å²) in [7, 11) is -0.921. The highest BCUT2D eigenvalue weighted by Gasteiger charge is 2.14. The second kappa shape index (κ2) is 6.00. The van der Waals surface area contributed by atoms with Gasteiger partial charge >= 0.3 is 0 Å². The van der Waals surface area contributed by atoms with Crippen molar-refractivity contribution in [1.82, 2.24) is 5.32 Å². The second-order valence-electron chi connectivity index (χ2n) is 4.64. The molecule has 0 aromatic heterocycles. The summed E-state index contributed by atoms with van der Waals surface area (Å²) in [6, 6.07) is 3.47. The van der Waals surface area contributed by atoms with E-state index in [2.05, 4.69) is 5.32 Å². The summed E-state index contributed by atoms with van der Waals surface area (Å²) in [6.45, 7) is 5.63. The lowest BCUT2D eigenvalue weighted by Gasteiger charge is -2.14. The maximum Gasteiger partial charge on any atom is 0.251 e. The molecule has 0 saturated heterocycles. The van der Waals surface area contributed by atoms with E-state index in [-0.39, 0.29) is 11.9 Å². The van der Waals surface area contributed by atoms with Crippen LogP contribution < -0.4 is 11.1 Å². The molecule has 0 fully saturated rings. The summed E-state index contributed by atoms with van der Waals surface area (Å²) in [5.41, 5.74) is 8.85. The fourth-order valence-electron chi connectivity index (χ4n) is 1.81. The zero-order valence-corrected chi connectivity index (χ0v) is 12.1. The van der Waals surface area contributed by atoms with E-state index in [4.69, 9.17) is 5.73 Å². The minimum atomic E-state index is -0.921. The number of nitrogens with two attached hydrogens (primary N) is 1. The van der Waals surface area contributed by atoms with Crippen molar-refractivity contribution in [3.05, 3.63) is 28.8 Å². The molecule has 0 heterocycles. The largest absolute Gasteiger partial charge is 0.398 e. The third-order valence-corrected chi connectivity index (χ3v) is 3.69. The van der Waals surface area contributed by atoms with Gasteiger partial charge in [-0.3, -0.25) is 9.00 Å². The molecular formula is C13H20N2O2S. The van der Waals surface area contributed by atoms with Gasteiger partial charge in [0.15, 0.2) is 0 Å². The quantitative estimate of drug-likeness (QED) is 0.810. The predicted molar refractivity (Wildman–Crippen MR) is 76.2 cm³/mol. The van der Waals surface area contributed by atoms with Gasteiger partial charge < -0.3 is 11.1 Å². The molecule has 0 bridgehead atoms. The number of nitrogen functional groups attached to an aromatic ring is 1. The fraction of sp³-hybridized carbons (Fsp3) is 0.462. The minimum absolute atomic E-state index is 0.120. The topological polar surface area (TPSA) is 72.2 Å². The van der Waals surface area contributed by atoms with Crippen LogP contribution >= 0.6 is 0 Å². The van der Waals surface area contributed by atoms with Gasteiger partial charge in [0.05, 0.1) is 0 Å². The number of carbonyl (C=O) groups excluding carboxylic acids is 1. The summed E-state index contributed by atoms with van der Waals surface area (Å²) in [5.74, 6) is 0.281. The van der Waals surface area contributed by atoms with Crippen molar-refractivity contribution < 1.29 is 9.00 Å². The number of anilines is 1. The third kappa shape index (κ3) is 3.84. The number of carbonyl (C=O) groups is 1. The molecule has 0 aliphatic carbocycles. The Morgan fingerprint density at radius 3 is 2.56 bits per heavy atom. The van der Waals surface area contributed by atoms with Crippen molar-refractivity contribution in [3.8, 4) is 0 Å². The van der Waals surface area contributed by atoms with Crippen LogP contribution in [0.25, 0.3) is 0 Å². The van der Waals surface area contributed by atoms with Crippen LogP contribution in [0.5, 0.6) is 0 Å². The molecule has 2 unspecified atom stereocenters. The average Bonchev–Trinajstić information content (AvgIpc) is 2.21. The van der Waals surface area contributed by atoms with E-state index in [1.165, 1.54) is 0 Å². The Morgan fingerprint density at radius 2 is 2.00 bits per heavy atom. The van der Waals surface area contributed by atoms with Gasteiger partial charge in [0.2, 0.25) is 0 Å². The number of hydrogen-bond donors (Lipinski definition) is 2. The minimum Gasteiger partial charge on any atom is -0.398 e.